The minimum atomic E-state index is -0.196. The molecule has 21 heavy (non-hydrogen) atoms. The number of hydrogen-bond acceptors (Lipinski definition) is 1. The van der Waals surface area contributed by atoms with E-state index in [2.05, 4.69) is 59.4 Å². The lowest BCUT2D eigenvalue weighted by Crippen LogP contribution is -2.24. The minimum Gasteiger partial charge on any atom is -0.310 e. The first kappa shape index (κ1) is 16.2. The first-order chi connectivity index (χ1) is 10.1. The predicted octanol–water partition coefficient (Wildman–Crippen LogP) is 5.18. The van der Waals surface area contributed by atoms with Crippen molar-refractivity contribution in [3.05, 3.63) is 69.4 Å². The van der Waals surface area contributed by atoms with Gasteiger partial charge in [-0.25, -0.2) is 4.39 Å². The third-order valence-corrected chi connectivity index (χ3v) is 3.91. The van der Waals surface area contributed by atoms with Gasteiger partial charge in [0.1, 0.15) is 5.82 Å². The van der Waals surface area contributed by atoms with Crippen LogP contribution in [0.15, 0.2) is 46.9 Å². The zero-order chi connectivity index (χ0) is 15.2. The van der Waals surface area contributed by atoms with E-state index in [-0.39, 0.29) is 11.9 Å². The average molecular weight is 350 g/mol. The van der Waals surface area contributed by atoms with Crippen LogP contribution in [-0.4, -0.2) is 6.54 Å². The third-order valence-electron chi connectivity index (χ3n) is 3.45. The Bertz CT molecular complexity index is 577. The summed E-state index contributed by atoms with van der Waals surface area (Å²) in [7, 11) is 0. The van der Waals surface area contributed by atoms with E-state index in [4.69, 9.17) is 0 Å². The molecular weight excluding hydrogens is 329 g/mol. The summed E-state index contributed by atoms with van der Waals surface area (Å²) in [6.45, 7) is 5.20. The van der Waals surface area contributed by atoms with Crippen LogP contribution in [0.4, 0.5) is 4.39 Å². The van der Waals surface area contributed by atoms with Crippen LogP contribution in [0.5, 0.6) is 0 Å². The van der Waals surface area contributed by atoms with Crippen LogP contribution >= 0.6 is 15.9 Å². The van der Waals surface area contributed by atoms with Crippen LogP contribution in [0.25, 0.3) is 0 Å². The highest BCUT2D eigenvalue weighted by atomic mass is 79.9. The van der Waals surface area contributed by atoms with Gasteiger partial charge in [0.05, 0.1) is 0 Å². The van der Waals surface area contributed by atoms with Crippen molar-refractivity contribution in [1.29, 1.82) is 0 Å². The maximum absolute atomic E-state index is 13.5. The van der Waals surface area contributed by atoms with Crippen LogP contribution in [0, 0.1) is 12.7 Å². The van der Waals surface area contributed by atoms with Crippen molar-refractivity contribution in [2.24, 2.45) is 0 Å². The monoisotopic (exact) mass is 349 g/mol. The topological polar surface area (TPSA) is 12.0 Å². The van der Waals surface area contributed by atoms with Gasteiger partial charge in [-0.1, -0.05) is 52.7 Å². The lowest BCUT2D eigenvalue weighted by molar-refractivity contribution is 0.527. The second-order valence-corrected chi connectivity index (χ2v) is 6.32. The Morgan fingerprint density at radius 2 is 2.00 bits per heavy atom. The predicted molar refractivity (Wildman–Crippen MR) is 90.0 cm³/mol. The van der Waals surface area contributed by atoms with E-state index >= 15 is 0 Å². The molecule has 0 aliphatic heterocycles. The SMILES string of the molecule is CCCNC(Cc1cc(F)cc(Br)c1)c1cccc(C)c1. The lowest BCUT2D eigenvalue weighted by atomic mass is 9.97. The fourth-order valence-corrected chi connectivity index (χ4v) is 2.99. The molecule has 0 amide bonds. The van der Waals surface area contributed by atoms with Crippen molar-refractivity contribution in [2.45, 2.75) is 32.7 Å². The summed E-state index contributed by atoms with van der Waals surface area (Å²) >= 11 is 3.36. The molecule has 0 spiro atoms. The van der Waals surface area contributed by atoms with Gasteiger partial charge < -0.3 is 5.32 Å². The molecule has 1 N–H and O–H groups in total. The van der Waals surface area contributed by atoms with Crippen molar-refractivity contribution in [2.75, 3.05) is 6.54 Å². The van der Waals surface area contributed by atoms with E-state index in [9.17, 15) is 4.39 Å². The lowest BCUT2D eigenvalue weighted by Gasteiger charge is -2.20. The zero-order valence-corrected chi connectivity index (χ0v) is 14.1. The van der Waals surface area contributed by atoms with Crippen molar-refractivity contribution in [1.82, 2.24) is 5.32 Å². The Kier molecular flexibility index (Phi) is 5.95. The number of rotatable bonds is 6. The van der Waals surface area contributed by atoms with Crippen LogP contribution in [0.3, 0.4) is 0 Å². The first-order valence-electron chi connectivity index (χ1n) is 7.33. The molecule has 3 heteroatoms. The van der Waals surface area contributed by atoms with Crippen LogP contribution in [-0.2, 0) is 6.42 Å². The molecule has 1 atom stereocenters. The molecule has 2 aromatic rings. The van der Waals surface area contributed by atoms with Gasteiger partial charge in [-0.15, -0.1) is 0 Å². The van der Waals surface area contributed by atoms with Gasteiger partial charge in [0.2, 0.25) is 0 Å². The summed E-state index contributed by atoms with van der Waals surface area (Å²) in [5.41, 5.74) is 3.50. The van der Waals surface area contributed by atoms with Gasteiger partial charge in [0, 0.05) is 10.5 Å². The fraction of sp³-hybridized carbons (Fsp3) is 0.333. The van der Waals surface area contributed by atoms with E-state index in [1.54, 1.807) is 6.07 Å². The quantitative estimate of drug-likeness (QED) is 0.757. The highest BCUT2D eigenvalue weighted by molar-refractivity contribution is 9.10. The van der Waals surface area contributed by atoms with Crippen molar-refractivity contribution in [3.63, 3.8) is 0 Å². The van der Waals surface area contributed by atoms with Gasteiger partial charge in [-0.2, -0.15) is 0 Å². The van der Waals surface area contributed by atoms with E-state index in [1.807, 2.05) is 6.07 Å². The Hall–Kier alpha value is -1.19. The second-order valence-electron chi connectivity index (χ2n) is 5.40. The van der Waals surface area contributed by atoms with Gasteiger partial charge >= 0.3 is 0 Å². The molecule has 112 valence electrons. The Morgan fingerprint density at radius 1 is 1.19 bits per heavy atom. The summed E-state index contributed by atoms with van der Waals surface area (Å²) in [6.07, 6.45) is 1.86. The molecule has 0 aromatic heterocycles. The number of hydrogen-bond donors (Lipinski definition) is 1. The third kappa shape index (κ3) is 4.94. The number of nitrogens with one attached hydrogen (secondary N) is 1. The zero-order valence-electron chi connectivity index (χ0n) is 12.5. The van der Waals surface area contributed by atoms with Crippen LogP contribution in [0.2, 0.25) is 0 Å². The van der Waals surface area contributed by atoms with Crippen molar-refractivity contribution >= 4 is 15.9 Å². The average Bonchev–Trinajstić information content (AvgIpc) is 2.42. The van der Waals surface area contributed by atoms with Crippen LogP contribution in [0.1, 0.15) is 36.1 Å². The summed E-state index contributed by atoms with van der Waals surface area (Å²) in [5.74, 6) is -0.196. The summed E-state index contributed by atoms with van der Waals surface area (Å²) in [6, 6.07) is 13.8. The van der Waals surface area contributed by atoms with Gasteiger partial charge in [0.25, 0.3) is 0 Å². The van der Waals surface area contributed by atoms with Gasteiger partial charge in [-0.05, 0) is 55.6 Å². The number of benzene rings is 2. The maximum atomic E-state index is 13.5. The molecule has 0 saturated carbocycles. The molecule has 0 radical (unpaired) electrons. The van der Waals surface area contributed by atoms with E-state index in [0.29, 0.717) is 0 Å². The summed E-state index contributed by atoms with van der Waals surface area (Å²) in [4.78, 5) is 0. The number of halogens is 2. The molecule has 0 saturated heterocycles. The number of aryl methyl sites for hydroxylation is 1. The molecule has 0 fully saturated rings. The molecule has 1 nitrogen and oxygen atoms in total. The van der Waals surface area contributed by atoms with E-state index < -0.39 is 0 Å². The standard InChI is InChI=1S/C18H21BrFN/c1-3-7-21-18(15-6-4-5-13(2)8-15)11-14-9-16(19)12-17(20)10-14/h4-6,8-10,12,18,21H,3,7,11H2,1-2H3. The van der Waals surface area contributed by atoms with E-state index in [0.717, 1.165) is 29.4 Å². The Balaban J connectivity index is 2.23. The highest BCUT2D eigenvalue weighted by Gasteiger charge is 2.12. The highest BCUT2D eigenvalue weighted by Crippen LogP contribution is 2.22. The van der Waals surface area contributed by atoms with E-state index in [1.165, 1.54) is 17.2 Å². The Labute approximate surface area is 134 Å². The largest absolute Gasteiger partial charge is 0.310 e. The van der Waals surface area contributed by atoms with Gasteiger partial charge in [0.15, 0.2) is 0 Å². The van der Waals surface area contributed by atoms with Crippen molar-refractivity contribution < 1.29 is 4.39 Å². The summed E-state index contributed by atoms with van der Waals surface area (Å²) in [5, 5.41) is 3.56. The van der Waals surface area contributed by atoms with Crippen molar-refractivity contribution in [3.8, 4) is 0 Å². The molecular formula is C18H21BrFN. The normalized spacial score (nSPS) is 12.4. The second kappa shape index (κ2) is 7.71. The van der Waals surface area contributed by atoms with Gasteiger partial charge in [-0.3, -0.25) is 0 Å². The fourth-order valence-electron chi connectivity index (χ4n) is 2.48. The molecule has 1 unspecified atom stereocenters. The molecule has 2 rings (SSSR count). The maximum Gasteiger partial charge on any atom is 0.124 e. The molecule has 0 heterocycles. The Morgan fingerprint density at radius 3 is 2.67 bits per heavy atom. The first-order valence-corrected chi connectivity index (χ1v) is 8.12. The summed E-state index contributed by atoms with van der Waals surface area (Å²) < 4.78 is 14.3. The van der Waals surface area contributed by atoms with Crippen LogP contribution < -0.4 is 5.32 Å². The smallest absolute Gasteiger partial charge is 0.124 e. The minimum absolute atomic E-state index is 0.196. The molecule has 0 bridgehead atoms. The molecule has 2 aromatic carbocycles. The molecule has 0 aliphatic rings. The molecule has 0 aliphatic carbocycles.